The molecule has 3 rings (SSSR count). The van der Waals surface area contributed by atoms with Crippen LogP contribution in [-0.2, 0) is 9.47 Å². The lowest BCUT2D eigenvalue weighted by Crippen LogP contribution is -2.36. The molecule has 0 radical (unpaired) electrons. The van der Waals surface area contributed by atoms with Crippen LogP contribution in [0.2, 0.25) is 0 Å². The molecule has 0 bridgehead atoms. The highest BCUT2D eigenvalue weighted by Gasteiger charge is 2.31. The average Bonchev–Trinajstić information content (AvgIpc) is 2.65. The van der Waals surface area contributed by atoms with E-state index in [1.165, 1.54) is 12.8 Å². The molecule has 0 amide bonds. The van der Waals surface area contributed by atoms with Crippen molar-refractivity contribution in [1.82, 2.24) is 0 Å². The summed E-state index contributed by atoms with van der Waals surface area (Å²) >= 11 is 0. The van der Waals surface area contributed by atoms with Crippen LogP contribution in [0.5, 0.6) is 0 Å². The van der Waals surface area contributed by atoms with Gasteiger partial charge in [-0.05, 0) is 68.1 Å². The maximum atomic E-state index is 6.48. The molecule has 0 N–H and O–H groups in total. The predicted molar refractivity (Wildman–Crippen MR) is 109 cm³/mol. The third kappa shape index (κ3) is 5.33. The highest BCUT2D eigenvalue weighted by molar-refractivity contribution is 4.96. The second kappa shape index (κ2) is 9.90. The monoisotopic (exact) mass is 358 g/mol. The molecule has 0 aromatic heterocycles. The van der Waals surface area contributed by atoms with Crippen LogP contribution < -0.4 is 0 Å². The average molecular weight is 359 g/mol. The van der Waals surface area contributed by atoms with E-state index in [0.717, 1.165) is 38.9 Å². The van der Waals surface area contributed by atoms with Crippen LogP contribution >= 0.6 is 0 Å². The molecule has 0 aromatic rings. The van der Waals surface area contributed by atoms with Gasteiger partial charge in [0.25, 0.3) is 0 Å². The summed E-state index contributed by atoms with van der Waals surface area (Å²) < 4.78 is 13.0. The lowest BCUT2D eigenvalue weighted by atomic mass is 9.83. The molecule has 7 atom stereocenters. The fraction of sp³-hybridized carbons (Fsp3) is 0.750. The molecular weight excluding hydrogens is 320 g/mol. The second-order valence-corrected chi connectivity index (χ2v) is 8.98. The van der Waals surface area contributed by atoms with E-state index in [1.54, 1.807) is 0 Å². The van der Waals surface area contributed by atoms with Crippen molar-refractivity contribution >= 4 is 0 Å². The zero-order valence-corrected chi connectivity index (χ0v) is 17.0. The third-order valence-corrected chi connectivity index (χ3v) is 6.95. The number of allylic oxidation sites excluding steroid dienone is 6. The molecule has 0 aliphatic heterocycles. The van der Waals surface area contributed by atoms with E-state index in [4.69, 9.17) is 9.47 Å². The van der Waals surface area contributed by atoms with Gasteiger partial charge in [0, 0.05) is 5.92 Å². The summed E-state index contributed by atoms with van der Waals surface area (Å²) in [7, 11) is 0. The fourth-order valence-electron chi connectivity index (χ4n) is 4.56. The Morgan fingerprint density at radius 1 is 0.615 bits per heavy atom. The normalized spacial score (nSPS) is 38.4. The molecule has 3 aliphatic carbocycles. The molecule has 2 nitrogen and oxygen atoms in total. The minimum atomic E-state index is -0.0498. The first kappa shape index (κ1) is 19.9. The van der Waals surface area contributed by atoms with Crippen molar-refractivity contribution in [3.05, 3.63) is 36.5 Å². The van der Waals surface area contributed by atoms with Gasteiger partial charge in [0.1, 0.15) is 0 Å². The maximum Gasteiger partial charge on any atom is 0.160 e. The van der Waals surface area contributed by atoms with Gasteiger partial charge in [0.15, 0.2) is 6.29 Å². The Bertz CT molecular complexity index is 474. The van der Waals surface area contributed by atoms with Crippen molar-refractivity contribution in [2.45, 2.75) is 65.6 Å². The molecule has 0 spiro atoms. The van der Waals surface area contributed by atoms with Gasteiger partial charge < -0.3 is 9.47 Å². The Morgan fingerprint density at radius 3 is 1.50 bits per heavy atom. The van der Waals surface area contributed by atoms with E-state index in [2.05, 4.69) is 57.2 Å². The Balaban J connectivity index is 1.58. The van der Waals surface area contributed by atoms with Crippen molar-refractivity contribution in [3.8, 4) is 0 Å². The molecule has 1 unspecified atom stereocenters. The van der Waals surface area contributed by atoms with Gasteiger partial charge in [0.2, 0.25) is 0 Å². The number of hydrogen-bond acceptors (Lipinski definition) is 2. The number of hydrogen-bond donors (Lipinski definition) is 0. The summed E-state index contributed by atoms with van der Waals surface area (Å²) in [4.78, 5) is 0. The first-order valence-corrected chi connectivity index (χ1v) is 10.8. The predicted octanol–water partition coefficient (Wildman–Crippen LogP) is 6.15. The Labute approximate surface area is 160 Å². The number of rotatable bonds is 7. The molecule has 0 saturated carbocycles. The molecule has 2 heteroatoms. The largest absolute Gasteiger partial charge is 0.352 e. The molecule has 0 heterocycles. The summed E-state index contributed by atoms with van der Waals surface area (Å²) in [5.74, 6) is 3.83. The summed E-state index contributed by atoms with van der Waals surface area (Å²) in [6.07, 6.45) is 20.8. The highest BCUT2D eigenvalue weighted by Crippen LogP contribution is 2.33. The minimum Gasteiger partial charge on any atom is -0.352 e. The van der Waals surface area contributed by atoms with Crippen molar-refractivity contribution < 1.29 is 9.47 Å². The summed E-state index contributed by atoms with van der Waals surface area (Å²) in [6.45, 7) is 8.74. The van der Waals surface area contributed by atoms with Crippen LogP contribution in [0.1, 0.15) is 59.3 Å². The zero-order valence-electron chi connectivity index (χ0n) is 17.0. The minimum absolute atomic E-state index is 0.0498. The molecule has 0 saturated heterocycles. The molecular formula is C24H38O2. The van der Waals surface area contributed by atoms with Crippen LogP contribution in [0, 0.1) is 35.5 Å². The van der Waals surface area contributed by atoms with E-state index >= 15 is 0 Å². The van der Waals surface area contributed by atoms with Crippen LogP contribution in [0.25, 0.3) is 0 Å². The van der Waals surface area contributed by atoms with E-state index < -0.39 is 0 Å². The first-order valence-electron chi connectivity index (χ1n) is 10.8. The quantitative estimate of drug-likeness (QED) is 0.401. The molecule has 3 aliphatic rings. The van der Waals surface area contributed by atoms with Gasteiger partial charge in [-0.15, -0.1) is 0 Å². The summed E-state index contributed by atoms with van der Waals surface area (Å²) in [6, 6.07) is 0. The lowest BCUT2D eigenvalue weighted by molar-refractivity contribution is -0.197. The van der Waals surface area contributed by atoms with Gasteiger partial charge in [0.05, 0.1) is 13.2 Å². The van der Waals surface area contributed by atoms with Crippen LogP contribution in [0.3, 0.4) is 0 Å². The van der Waals surface area contributed by atoms with Gasteiger partial charge in [-0.1, -0.05) is 57.2 Å². The molecule has 0 fully saturated rings. The van der Waals surface area contributed by atoms with Crippen molar-refractivity contribution in [2.24, 2.45) is 35.5 Å². The standard InChI is InChI=1S/C24H38O2/c1-18-10-4-7-13-21(18)16-25-24(23-15-9-6-12-20(23)3)26-17-22-14-8-5-11-19(22)2/h4-9,18-24H,10-17H2,1-3H3/t18-,19-,20-,21-,22+,23+,24?/m0/s1. The zero-order chi connectivity index (χ0) is 18.4. The molecule has 26 heavy (non-hydrogen) atoms. The third-order valence-electron chi connectivity index (χ3n) is 6.95. The lowest BCUT2D eigenvalue weighted by Gasteiger charge is -2.36. The SMILES string of the molecule is C[C@H]1CC=CC[C@@H]1COC(OC[C@@H]1CC=CC[C@@H]1C)[C@@H]1CC=CC[C@@H]1C. The van der Waals surface area contributed by atoms with Gasteiger partial charge >= 0.3 is 0 Å². The summed E-state index contributed by atoms with van der Waals surface area (Å²) in [5.41, 5.74) is 0. The highest BCUT2D eigenvalue weighted by atomic mass is 16.7. The van der Waals surface area contributed by atoms with Crippen molar-refractivity contribution in [3.63, 3.8) is 0 Å². The second-order valence-electron chi connectivity index (χ2n) is 8.98. The van der Waals surface area contributed by atoms with Crippen LogP contribution in [0.4, 0.5) is 0 Å². The molecule has 146 valence electrons. The van der Waals surface area contributed by atoms with E-state index in [-0.39, 0.29) is 6.29 Å². The van der Waals surface area contributed by atoms with Crippen molar-refractivity contribution in [2.75, 3.05) is 13.2 Å². The van der Waals surface area contributed by atoms with Crippen LogP contribution in [0.15, 0.2) is 36.5 Å². The smallest absolute Gasteiger partial charge is 0.160 e. The first-order chi connectivity index (χ1) is 12.6. The Hall–Kier alpha value is -0.860. The van der Waals surface area contributed by atoms with E-state index in [1.807, 2.05) is 0 Å². The fourth-order valence-corrected chi connectivity index (χ4v) is 4.56. The van der Waals surface area contributed by atoms with E-state index in [9.17, 15) is 0 Å². The van der Waals surface area contributed by atoms with Gasteiger partial charge in [-0.3, -0.25) is 0 Å². The molecule has 0 aromatic carbocycles. The maximum absolute atomic E-state index is 6.48. The topological polar surface area (TPSA) is 18.5 Å². The van der Waals surface area contributed by atoms with Gasteiger partial charge in [-0.2, -0.15) is 0 Å². The Morgan fingerprint density at radius 2 is 1.04 bits per heavy atom. The Kier molecular flexibility index (Phi) is 7.57. The summed E-state index contributed by atoms with van der Waals surface area (Å²) in [5, 5.41) is 0. The van der Waals surface area contributed by atoms with E-state index in [0.29, 0.717) is 35.5 Å². The van der Waals surface area contributed by atoms with Crippen molar-refractivity contribution in [1.29, 1.82) is 0 Å². The number of ether oxygens (including phenoxy) is 2. The van der Waals surface area contributed by atoms with Crippen LogP contribution in [-0.4, -0.2) is 19.5 Å². The van der Waals surface area contributed by atoms with Gasteiger partial charge in [-0.25, -0.2) is 0 Å².